The van der Waals surface area contributed by atoms with Gasteiger partial charge < -0.3 is 23.7 Å². The Balaban J connectivity index is 1.41. The largest absolute Gasteiger partial charge is 0.492 e. The van der Waals surface area contributed by atoms with Gasteiger partial charge in [-0.2, -0.15) is 0 Å². The highest BCUT2D eigenvalue weighted by Gasteiger charge is 2.12. The van der Waals surface area contributed by atoms with Crippen molar-refractivity contribution < 1.29 is 23.2 Å². The van der Waals surface area contributed by atoms with Crippen LogP contribution in [-0.2, 0) is 0 Å². The molecule has 0 atom stereocenters. The summed E-state index contributed by atoms with van der Waals surface area (Å²) in [5.41, 5.74) is 0. The van der Waals surface area contributed by atoms with Crippen molar-refractivity contribution in [3.63, 3.8) is 0 Å². The molecule has 2 heterocycles. The molecule has 23 heavy (non-hydrogen) atoms. The lowest BCUT2D eigenvalue weighted by Gasteiger charge is -2.06. The summed E-state index contributed by atoms with van der Waals surface area (Å²) in [5, 5.41) is 6.19. The molecule has 3 aromatic rings. The summed E-state index contributed by atoms with van der Waals surface area (Å²) in [6.45, 7) is 0.631. The van der Waals surface area contributed by atoms with E-state index in [-0.39, 0.29) is 5.88 Å². The van der Waals surface area contributed by atoms with Crippen LogP contribution in [0, 0.1) is 0 Å². The van der Waals surface area contributed by atoms with Gasteiger partial charge in [0, 0.05) is 0 Å². The number of carbonyl (C=O) groups excluding carboxylic acids is 1. The molecule has 0 spiro atoms. The van der Waals surface area contributed by atoms with Gasteiger partial charge in [0.05, 0.1) is 18.9 Å². The number of amides is 1. The Kier molecular flexibility index (Phi) is 4.58. The second-order valence-electron chi connectivity index (χ2n) is 4.48. The fourth-order valence-electron chi connectivity index (χ4n) is 1.81. The quantitative estimate of drug-likeness (QED) is 0.703. The van der Waals surface area contributed by atoms with Gasteiger partial charge in [-0.15, -0.1) is 0 Å². The van der Waals surface area contributed by atoms with E-state index in [1.807, 2.05) is 30.3 Å². The van der Waals surface area contributed by atoms with Crippen LogP contribution >= 0.6 is 0 Å². The minimum atomic E-state index is -0.638. The van der Waals surface area contributed by atoms with Crippen LogP contribution in [0.5, 0.6) is 11.6 Å². The Morgan fingerprint density at radius 2 is 2.00 bits per heavy atom. The number of nitrogens with zero attached hydrogens (tertiary/aromatic N) is 1. The highest BCUT2D eigenvalue weighted by molar-refractivity contribution is 5.70. The predicted octanol–water partition coefficient (Wildman–Crippen LogP) is 3.10. The highest BCUT2D eigenvalue weighted by atomic mass is 16.6. The van der Waals surface area contributed by atoms with E-state index < -0.39 is 6.09 Å². The van der Waals surface area contributed by atoms with Gasteiger partial charge in [-0.3, -0.25) is 0 Å². The van der Waals surface area contributed by atoms with Gasteiger partial charge in [0.25, 0.3) is 5.88 Å². The van der Waals surface area contributed by atoms with E-state index in [2.05, 4.69) is 10.5 Å². The maximum atomic E-state index is 11.6. The van der Waals surface area contributed by atoms with E-state index in [9.17, 15) is 4.79 Å². The molecule has 0 aliphatic carbocycles. The molecule has 0 radical (unpaired) electrons. The average molecular weight is 314 g/mol. The summed E-state index contributed by atoms with van der Waals surface area (Å²) >= 11 is 0. The third kappa shape index (κ3) is 4.13. The molecule has 3 rings (SSSR count). The Morgan fingerprint density at radius 1 is 1.13 bits per heavy atom. The SMILES string of the molecule is O=C(NCCOc1ccccc1)Oc1cc(-c2ccco2)on1. The molecule has 1 N–H and O–H groups in total. The number of hydrogen-bond donors (Lipinski definition) is 1. The molecule has 0 aliphatic heterocycles. The van der Waals surface area contributed by atoms with E-state index in [1.165, 1.54) is 12.3 Å². The lowest BCUT2D eigenvalue weighted by atomic mass is 10.3. The smallest absolute Gasteiger partial charge is 0.414 e. The number of benzene rings is 1. The van der Waals surface area contributed by atoms with Crippen LogP contribution in [0.1, 0.15) is 0 Å². The summed E-state index contributed by atoms with van der Waals surface area (Å²) in [6.07, 6.45) is 0.874. The highest BCUT2D eigenvalue weighted by Crippen LogP contribution is 2.23. The van der Waals surface area contributed by atoms with Crippen LogP contribution in [0.25, 0.3) is 11.5 Å². The van der Waals surface area contributed by atoms with Crippen molar-refractivity contribution in [1.29, 1.82) is 0 Å². The first-order chi connectivity index (χ1) is 11.3. The monoisotopic (exact) mass is 314 g/mol. The zero-order valence-electron chi connectivity index (χ0n) is 12.1. The molecule has 2 aromatic heterocycles. The van der Waals surface area contributed by atoms with E-state index in [0.29, 0.717) is 24.7 Å². The molecular weight excluding hydrogens is 300 g/mol. The third-order valence-electron chi connectivity index (χ3n) is 2.83. The van der Waals surface area contributed by atoms with E-state index in [0.717, 1.165) is 5.75 Å². The molecule has 7 nitrogen and oxygen atoms in total. The minimum Gasteiger partial charge on any atom is -0.492 e. The molecule has 1 amide bonds. The number of furan rings is 1. The number of hydrogen-bond acceptors (Lipinski definition) is 6. The van der Waals surface area contributed by atoms with Crippen molar-refractivity contribution in [3.05, 3.63) is 54.8 Å². The molecule has 118 valence electrons. The molecule has 0 bridgehead atoms. The zero-order chi connectivity index (χ0) is 15.9. The second kappa shape index (κ2) is 7.17. The van der Waals surface area contributed by atoms with Gasteiger partial charge in [-0.25, -0.2) is 4.79 Å². The summed E-state index contributed by atoms with van der Waals surface area (Å²) in [6, 6.07) is 14.2. The lowest BCUT2D eigenvalue weighted by molar-refractivity contribution is 0.192. The fourth-order valence-corrected chi connectivity index (χ4v) is 1.81. The van der Waals surface area contributed by atoms with Gasteiger partial charge in [0.1, 0.15) is 12.4 Å². The van der Waals surface area contributed by atoms with Crippen LogP contribution in [0.15, 0.2) is 63.7 Å². The summed E-state index contributed by atoms with van der Waals surface area (Å²) in [5.74, 6) is 1.68. The Hall–Kier alpha value is -3.22. The first-order valence-corrected chi connectivity index (χ1v) is 6.95. The van der Waals surface area contributed by atoms with Crippen molar-refractivity contribution in [3.8, 4) is 23.1 Å². The first kappa shape index (κ1) is 14.7. The molecule has 1 aromatic carbocycles. The minimum absolute atomic E-state index is 0.0536. The molecule has 0 saturated carbocycles. The Labute approximate surface area is 131 Å². The molecule has 0 saturated heterocycles. The van der Waals surface area contributed by atoms with Gasteiger partial charge >= 0.3 is 6.09 Å². The van der Waals surface area contributed by atoms with Crippen molar-refractivity contribution in [2.75, 3.05) is 13.2 Å². The van der Waals surface area contributed by atoms with E-state index in [1.54, 1.807) is 12.1 Å². The molecule has 0 fully saturated rings. The average Bonchev–Trinajstić information content (AvgIpc) is 3.24. The van der Waals surface area contributed by atoms with Crippen molar-refractivity contribution in [2.24, 2.45) is 0 Å². The topological polar surface area (TPSA) is 86.7 Å². The van der Waals surface area contributed by atoms with Crippen molar-refractivity contribution in [2.45, 2.75) is 0 Å². The van der Waals surface area contributed by atoms with Gasteiger partial charge in [-0.05, 0) is 29.4 Å². The van der Waals surface area contributed by atoms with Crippen LogP contribution in [0.3, 0.4) is 0 Å². The Morgan fingerprint density at radius 3 is 2.78 bits per heavy atom. The summed E-state index contributed by atoms with van der Waals surface area (Å²) < 4.78 is 20.6. The van der Waals surface area contributed by atoms with Crippen molar-refractivity contribution >= 4 is 6.09 Å². The zero-order valence-corrected chi connectivity index (χ0v) is 12.1. The normalized spacial score (nSPS) is 10.3. The van der Waals surface area contributed by atoms with Crippen LogP contribution in [0.4, 0.5) is 4.79 Å². The maximum absolute atomic E-state index is 11.6. The molecule has 0 aliphatic rings. The number of ether oxygens (including phenoxy) is 2. The maximum Gasteiger partial charge on any atom is 0.414 e. The molecule has 7 heteroatoms. The van der Waals surface area contributed by atoms with Gasteiger partial charge in [0.2, 0.25) is 5.76 Å². The number of para-hydroxylation sites is 1. The number of rotatable bonds is 6. The lowest BCUT2D eigenvalue weighted by Crippen LogP contribution is -2.30. The standard InChI is InChI=1S/C16H14N2O5/c19-16(17-8-10-20-12-5-2-1-3-6-12)22-15-11-14(23-18-15)13-7-4-9-21-13/h1-7,9,11H,8,10H2,(H,17,19). The van der Waals surface area contributed by atoms with E-state index in [4.69, 9.17) is 18.4 Å². The van der Waals surface area contributed by atoms with E-state index >= 15 is 0 Å². The third-order valence-corrected chi connectivity index (χ3v) is 2.83. The number of aromatic nitrogens is 1. The number of carbonyl (C=O) groups is 1. The predicted molar refractivity (Wildman–Crippen MR) is 80.2 cm³/mol. The van der Waals surface area contributed by atoms with Crippen LogP contribution < -0.4 is 14.8 Å². The van der Waals surface area contributed by atoms with Gasteiger partial charge in [0.15, 0.2) is 5.76 Å². The molecular formula is C16H14N2O5. The van der Waals surface area contributed by atoms with Crippen LogP contribution in [0.2, 0.25) is 0 Å². The fraction of sp³-hybridized carbons (Fsp3) is 0.125. The van der Waals surface area contributed by atoms with Crippen molar-refractivity contribution in [1.82, 2.24) is 10.5 Å². The summed E-state index contributed by atoms with van der Waals surface area (Å²) in [4.78, 5) is 11.6. The summed E-state index contributed by atoms with van der Waals surface area (Å²) in [7, 11) is 0. The van der Waals surface area contributed by atoms with Crippen LogP contribution in [-0.4, -0.2) is 24.4 Å². The number of nitrogens with one attached hydrogen (secondary N) is 1. The van der Waals surface area contributed by atoms with Gasteiger partial charge in [-0.1, -0.05) is 18.2 Å². The Bertz CT molecular complexity index is 737. The second-order valence-corrected chi connectivity index (χ2v) is 4.48. The first-order valence-electron chi connectivity index (χ1n) is 6.95. The molecule has 0 unspecified atom stereocenters.